The molecule has 0 aromatic heterocycles. The van der Waals surface area contributed by atoms with E-state index >= 15 is 0 Å². The van der Waals surface area contributed by atoms with Crippen LogP contribution >= 0.6 is 23.2 Å². The van der Waals surface area contributed by atoms with Crippen molar-refractivity contribution in [2.75, 3.05) is 17.7 Å². The van der Waals surface area contributed by atoms with Crippen LogP contribution in [0.5, 0.6) is 5.75 Å². The van der Waals surface area contributed by atoms with Crippen LogP contribution in [0.4, 0.5) is 11.4 Å². The summed E-state index contributed by atoms with van der Waals surface area (Å²) in [4.78, 5) is 24.9. The molecular weight excluding hydrogens is 411 g/mol. The lowest BCUT2D eigenvalue weighted by Gasteiger charge is -2.12. The maximum Gasteiger partial charge on any atom is 0.255 e. The molecule has 0 aliphatic carbocycles. The van der Waals surface area contributed by atoms with E-state index in [2.05, 4.69) is 10.6 Å². The Balaban J connectivity index is 1.73. The van der Waals surface area contributed by atoms with E-state index in [0.29, 0.717) is 28.3 Å². The van der Waals surface area contributed by atoms with Crippen molar-refractivity contribution >= 4 is 46.4 Å². The third-order valence-corrected chi connectivity index (χ3v) is 4.79. The van der Waals surface area contributed by atoms with Gasteiger partial charge < -0.3 is 15.4 Å². The predicted octanol–water partition coefficient (Wildman–Crippen LogP) is 5.82. The monoisotopic (exact) mass is 428 g/mol. The van der Waals surface area contributed by atoms with Crippen LogP contribution in [0, 0.1) is 6.92 Å². The molecule has 0 aliphatic heterocycles. The zero-order chi connectivity index (χ0) is 21.0. The Labute approximate surface area is 178 Å². The lowest BCUT2D eigenvalue weighted by Crippen LogP contribution is -2.14. The van der Waals surface area contributed by atoms with Gasteiger partial charge in [-0.25, -0.2) is 0 Å². The highest BCUT2D eigenvalue weighted by molar-refractivity contribution is 6.37. The van der Waals surface area contributed by atoms with Crippen LogP contribution < -0.4 is 15.4 Å². The number of halogens is 2. The van der Waals surface area contributed by atoms with Crippen molar-refractivity contribution in [3.05, 3.63) is 87.4 Å². The third-order valence-electron chi connectivity index (χ3n) is 4.23. The van der Waals surface area contributed by atoms with Gasteiger partial charge in [-0.2, -0.15) is 0 Å². The van der Waals surface area contributed by atoms with Gasteiger partial charge in [0.15, 0.2) is 5.75 Å². The van der Waals surface area contributed by atoms with E-state index in [1.54, 1.807) is 42.5 Å². The van der Waals surface area contributed by atoms with Crippen molar-refractivity contribution in [1.82, 2.24) is 0 Å². The molecule has 0 atom stereocenters. The molecule has 0 heterocycles. The first-order valence-electron chi connectivity index (χ1n) is 8.70. The van der Waals surface area contributed by atoms with E-state index in [-0.39, 0.29) is 21.9 Å². The zero-order valence-corrected chi connectivity index (χ0v) is 17.3. The second kappa shape index (κ2) is 8.99. The van der Waals surface area contributed by atoms with Crippen molar-refractivity contribution in [2.24, 2.45) is 0 Å². The largest absolute Gasteiger partial charge is 0.494 e. The molecule has 29 heavy (non-hydrogen) atoms. The van der Waals surface area contributed by atoms with Crippen LogP contribution in [-0.4, -0.2) is 18.9 Å². The Kier molecular flexibility index (Phi) is 6.42. The number of nitrogens with one attached hydrogen (secondary N) is 2. The normalized spacial score (nSPS) is 10.3. The average molecular weight is 429 g/mol. The molecule has 3 aromatic rings. The summed E-state index contributed by atoms with van der Waals surface area (Å²) in [5, 5.41) is 6.16. The first kappa shape index (κ1) is 20.7. The Morgan fingerprint density at radius 2 is 1.45 bits per heavy atom. The van der Waals surface area contributed by atoms with Gasteiger partial charge >= 0.3 is 0 Å². The smallest absolute Gasteiger partial charge is 0.255 e. The fraction of sp³-hybridized carbons (Fsp3) is 0.0909. The van der Waals surface area contributed by atoms with Gasteiger partial charge in [0.05, 0.1) is 17.2 Å². The van der Waals surface area contributed by atoms with Crippen molar-refractivity contribution in [3.8, 4) is 5.75 Å². The van der Waals surface area contributed by atoms with E-state index in [4.69, 9.17) is 27.9 Å². The number of hydrogen-bond acceptors (Lipinski definition) is 3. The lowest BCUT2D eigenvalue weighted by molar-refractivity contribution is 0.101. The summed E-state index contributed by atoms with van der Waals surface area (Å²) in [5.41, 5.74) is 2.91. The summed E-state index contributed by atoms with van der Waals surface area (Å²) >= 11 is 12.2. The van der Waals surface area contributed by atoms with Gasteiger partial charge in [0.2, 0.25) is 0 Å². The molecule has 2 amide bonds. The Hall–Kier alpha value is -3.02. The van der Waals surface area contributed by atoms with Crippen LogP contribution in [0.3, 0.4) is 0 Å². The minimum Gasteiger partial charge on any atom is -0.494 e. The second-order valence-electron chi connectivity index (χ2n) is 6.28. The van der Waals surface area contributed by atoms with Gasteiger partial charge in [0, 0.05) is 22.5 Å². The van der Waals surface area contributed by atoms with Gasteiger partial charge in [-0.05, 0) is 55.0 Å². The molecule has 0 bridgehead atoms. The Bertz CT molecular complexity index is 1050. The number of hydrogen-bond donors (Lipinski definition) is 2. The van der Waals surface area contributed by atoms with Gasteiger partial charge in [0.1, 0.15) is 0 Å². The van der Waals surface area contributed by atoms with Gasteiger partial charge in [-0.15, -0.1) is 0 Å². The SMILES string of the molecule is COc1c(Cl)cc(C(=O)Nc2ccc(NC(=O)c3ccccc3)c(C)c2)cc1Cl. The number of ether oxygens (including phenoxy) is 1. The van der Waals surface area contributed by atoms with Crippen LogP contribution in [0.2, 0.25) is 10.0 Å². The molecule has 7 heteroatoms. The van der Waals surface area contributed by atoms with Gasteiger partial charge in [-0.3, -0.25) is 9.59 Å². The molecule has 0 saturated heterocycles. The maximum atomic E-state index is 12.5. The summed E-state index contributed by atoms with van der Waals surface area (Å²) < 4.78 is 5.09. The molecule has 0 aliphatic rings. The van der Waals surface area contributed by atoms with E-state index in [1.165, 1.54) is 19.2 Å². The maximum absolute atomic E-state index is 12.5. The van der Waals surface area contributed by atoms with Crippen LogP contribution in [0.25, 0.3) is 0 Å². The van der Waals surface area contributed by atoms with Gasteiger partial charge in [-0.1, -0.05) is 41.4 Å². The van der Waals surface area contributed by atoms with E-state index in [0.717, 1.165) is 5.56 Å². The third kappa shape index (κ3) is 4.88. The average Bonchev–Trinajstić information content (AvgIpc) is 2.70. The summed E-state index contributed by atoms with van der Waals surface area (Å²) in [6.45, 7) is 1.84. The minimum absolute atomic E-state index is 0.201. The summed E-state index contributed by atoms with van der Waals surface area (Å²) in [6.07, 6.45) is 0. The fourth-order valence-electron chi connectivity index (χ4n) is 2.75. The Morgan fingerprint density at radius 3 is 2.03 bits per heavy atom. The first-order chi connectivity index (χ1) is 13.9. The molecule has 0 radical (unpaired) electrons. The summed E-state index contributed by atoms with van der Waals surface area (Å²) in [6, 6.07) is 17.1. The Morgan fingerprint density at radius 1 is 0.828 bits per heavy atom. The topological polar surface area (TPSA) is 67.4 Å². The van der Waals surface area contributed by atoms with Crippen LogP contribution in [0.15, 0.2) is 60.7 Å². The molecule has 0 unspecified atom stereocenters. The van der Waals surface area contributed by atoms with E-state index < -0.39 is 0 Å². The summed E-state index contributed by atoms with van der Waals surface area (Å²) in [5.74, 6) is -0.246. The predicted molar refractivity (Wildman–Crippen MR) is 117 cm³/mol. The van der Waals surface area contributed by atoms with Crippen molar-refractivity contribution in [1.29, 1.82) is 0 Å². The number of amides is 2. The summed E-state index contributed by atoms with van der Waals surface area (Å²) in [7, 11) is 1.45. The quantitative estimate of drug-likeness (QED) is 0.538. The van der Waals surface area contributed by atoms with Crippen LogP contribution in [0.1, 0.15) is 26.3 Å². The molecule has 3 aromatic carbocycles. The van der Waals surface area contributed by atoms with E-state index in [9.17, 15) is 9.59 Å². The minimum atomic E-state index is -0.364. The van der Waals surface area contributed by atoms with Gasteiger partial charge in [0.25, 0.3) is 11.8 Å². The molecule has 0 spiro atoms. The molecule has 0 saturated carbocycles. The number of benzene rings is 3. The highest BCUT2D eigenvalue weighted by Crippen LogP contribution is 2.34. The van der Waals surface area contributed by atoms with Crippen molar-refractivity contribution in [3.63, 3.8) is 0 Å². The molecule has 2 N–H and O–H groups in total. The number of carbonyl (C=O) groups excluding carboxylic acids is 2. The van der Waals surface area contributed by atoms with Crippen molar-refractivity contribution in [2.45, 2.75) is 6.92 Å². The standard InChI is InChI=1S/C22H18Cl2N2O3/c1-13-10-16(8-9-19(13)26-21(27)14-6-4-3-5-7-14)25-22(28)15-11-17(23)20(29-2)18(24)12-15/h3-12H,1-2H3,(H,25,28)(H,26,27). The number of anilines is 2. The molecular formula is C22H18Cl2N2O3. The molecule has 148 valence electrons. The number of carbonyl (C=O) groups is 2. The highest BCUT2D eigenvalue weighted by atomic mass is 35.5. The molecule has 5 nitrogen and oxygen atoms in total. The fourth-order valence-corrected chi connectivity index (χ4v) is 3.40. The lowest BCUT2D eigenvalue weighted by atomic mass is 10.1. The number of methoxy groups -OCH3 is 1. The highest BCUT2D eigenvalue weighted by Gasteiger charge is 2.14. The van der Waals surface area contributed by atoms with Crippen LogP contribution in [-0.2, 0) is 0 Å². The van der Waals surface area contributed by atoms with Crippen molar-refractivity contribution < 1.29 is 14.3 Å². The molecule has 3 rings (SSSR count). The second-order valence-corrected chi connectivity index (χ2v) is 7.09. The zero-order valence-electron chi connectivity index (χ0n) is 15.8. The number of aryl methyl sites for hydroxylation is 1. The van der Waals surface area contributed by atoms with E-state index in [1.807, 2.05) is 13.0 Å². The first-order valence-corrected chi connectivity index (χ1v) is 9.46. The molecule has 0 fully saturated rings. The number of rotatable bonds is 5.